The summed E-state index contributed by atoms with van der Waals surface area (Å²) in [5.74, 6) is -1.01. The molecule has 5 rings (SSSR count). The van der Waals surface area contributed by atoms with Crippen LogP contribution in [0.1, 0.15) is 11.1 Å². The van der Waals surface area contributed by atoms with Crippen LogP contribution in [0.25, 0.3) is 11.3 Å². The van der Waals surface area contributed by atoms with Crippen molar-refractivity contribution in [3.05, 3.63) is 88.9 Å². The monoisotopic (exact) mass is 558 g/mol. The number of amides is 3. The van der Waals surface area contributed by atoms with E-state index in [1.165, 1.54) is 4.90 Å². The van der Waals surface area contributed by atoms with E-state index in [-0.39, 0.29) is 24.9 Å². The standard InChI is InChI=1S/C30H31ClN6O3/c1-35-13-15-36(16-14-35)19-27(39)37(18-26(32)38)23-10-8-22(9-11-23)33-29(20-5-3-2-4-6-20)28-24-12-7-21(31)17-25(24)34-30(28)40/h2-12,17,33H,13-16,18-19H2,1H3,(H2,32,38)(H,34,40). The summed E-state index contributed by atoms with van der Waals surface area (Å²) in [7, 11) is 2.06. The summed E-state index contributed by atoms with van der Waals surface area (Å²) < 4.78 is 0. The molecule has 0 atom stereocenters. The molecule has 40 heavy (non-hydrogen) atoms. The zero-order valence-corrected chi connectivity index (χ0v) is 22.9. The van der Waals surface area contributed by atoms with Gasteiger partial charge >= 0.3 is 0 Å². The number of rotatable bonds is 8. The van der Waals surface area contributed by atoms with E-state index in [9.17, 15) is 14.4 Å². The molecule has 0 aromatic heterocycles. The Morgan fingerprint density at radius 3 is 2.38 bits per heavy atom. The van der Waals surface area contributed by atoms with Crippen LogP contribution in [0.4, 0.5) is 17.1 Å². The third-order valence-electron chi connectivity index (χ3n) is 7.06. The Morgan fingerprint density at radius 2 is 1.70 bits per heavy atom. The Labute approximate surface area is 238 Å². The lowest BCUT2D eigenvalue weighted by Gasteiger charge is -2.33. The Hall–Kier alpha value is -4.18. The number of carbonyl (C=O) groups excluding carboxylic acids is 3. The number of nitrogens with one attached hydrogen (secondary N) is 2. The number of benzene rings is 3. The van der Waals surface area contributed by atoms with Gasteiger partial charge in [0.2, 0.25) is 11.8 Å². The van der Waals surface area contributed by atoms with E-state index < -0.39 is 5.91 Å². The Bertz CT molecular complexity index is 1450. The first-order chi connectivity index (χ1) is 19.3. The van der Waals surface area contributed by atoms with E-state index in [2.05, 4.69) is 27.5 Å². The molecule has 2 aliphatic rings. The maximum absolute atomic E-state index is 13.2. The van der Waals surface area contributed by atoms with Gasteiger partial charge in [0.15, 0.2) is 0 Å². The molecule has 206 valence electrons. The molecule has 3 aromatic carbocycles. The van der Waals surface area contributed by atoms with E-state index in [0.717, 1.165) is 37.3 Å². The number of halogens is 1. The largest absolute Gasteiger partial charge is 0.368 e. The maximum atomic E-state index is 13.2. The third-order valence-corrected chi connectivity index (χ3v) is 7.29. The fourth-order valence-electron chi connectivity index (χ4n) is 4.91. The van der Waals surface area contributed by atoms with E-state index in [1.807, 2.05) is 48.5 Å². The van der Waals surface area contributed by atoms with E-state index in [1.54, 1.807) is 24.3 Å². The molecule has 3 aromatic rings. The van der Waals surface area contributed by atoms with Crippen LogP contribution in [-0.2, 0) is 14.4 Å². The predicted octanol–water partition coefficient (Wildman–Crippen LogP) is 3.34. The van der Waals surface area contributed by atoms with Crippen molar-refractivity contribution in [3.8, 4) is 0 Å². The molecule has 0 spiro atoms. The summed E-state index contributed by atoms with van der Waals surface area (Å²) in [6.07, 6.45) is 0. The van der Waals surface area contributed by atoms with Crippen molar-refractivity contribution < 1.29 is 14.4 Å². The van der Waals surface area contributed by atoms with Gasteiger partial charge in [-0.1, -0.05) is 48.0 Å². The second-order valence-corrected chi connectivity index (χ2v) is 10.4. The van der Waals surface area contributed by atoms with E-state index in [0.29, 0.717) is 33.4 Å². The third kappa shape index (κ3) is 6.17. The SMILES string of the molecule is CN1CCN(CC(=O)N(CC(N)=O)c2ccc(NC(=C3C(=O)Nc4cc(Cl)ccc43)c3ccccc3)cc2)CC1. The first-order valence-electron chi connectivity index (χ1n) is 13.1. The summed E-state index contributed by atoms with van der Waals surface area (Å²) in [6, 6.07) is 22.0. The molecule has 1 saturated heterocycles. The highest BCUT2D eigenvalue weighted by Gasteiger charge is 2.29. The highest BCUT2D eigenvalue weighted by molar-refractivity contribution is 6.38. The second kappa shape index (κ2) is 11.9. The van der Waals surface area contributed by atoms with Crippen LogP contribution in [0.2, 0.25) is 5.02 Å². The number of likely N-dealkylation sites (N-methyl/N-ethyl adjacent to an activating group) is 1. The van der Waals surface area contributed by atoms with Crippen LogP contribution in [0.3, 0.4) is 0 Å². The van der Waals surface area contributed by atoms with Crippen LogP contribution >= 0.6 is 11.6 Å². The Kier molecular flexibility index (Phi) is 8.16. The van der Waals surface area contributed by atoms with Crippen molar-refractivity contribution in [1.82, 2.24) is 9.80 Å². The van der Waals surface area contributed by atoms with Crippen molar-refractivity contribution in [3.63, 3.8) is 0 Å². The molecule has 2 aliphatic heterocycles. The normalized spacial score (nSPS) is 16.7. The number of nitrogens with two attached hydrogens (primary N) is 1. The second-order valence-electron chi connectivity index (χ2n) is 9.96. The van der Waals surface area contributed by atoms with Gasteiger partial charge in [0.25, 0.3) is 5.91 Å². The van der Waals surface area contributed by atoms with Crippen molar-refractivity contribution in [2.75, 3.05) is 61.8 Å². The van der Waals surface area contributed by atoms with Gasteiger partial charge in [0, 0.05) is 48.1 Å². The lowest BCUT2D eigenvalue weighted by atomic mass is 10.00. The van der Waals surface area contributed by atoms with E-state index >= 15 is 0 Å². The average molecular weight is 559 g/mol. The smallest absolute Gasteiger partial charge is 0.258 e. The number of anilines is 3. The molecule has 4 N–H and O–H groups in total. The fourth-order valence-corrected chi connectivity index (χ4v) is 5.08. The van der Waals surface area contributed by atoms with Gasteiger partial charge in [0.05, 0.1) is 23.5 Å². The van der Waals surface area contributed by atoms with E-state index in [4.69, 9.17) is 17.3 Å². The van der Waals surface area contributed by atoms with Gasteiger partial charge < -0.3 is 26.2 Å². The number of primary amides is 1. The Morgan fingerprint density at radius 1 is 1.00 bits per heavy atom. The van der Waals surface area contributed by atoms with Crippen molar-refractivity contribution in [2.45, 2.75) is 0 Å². The van der Waals surface area contributed by atoms with Crippen LogP contribution < -0.4 is 21.3 Å². The average Bonchev–Trinajstić information content (AvgIpc) is 3.26. The molecule has 1 fully saturated rings. The quantitative estimate of drug-likeness (QED) is 0.366. The van der Waals surface area contributed by atoms with Gasteiger partial charge in [-0.25, -0.2) is 0 Å². The molecule has 0 saturated carbocycles. The molecule has 0 radical (unpaired) electrons. The first kappa shape index (κ1) is 27.4. The molecule has 9 nitrogen and oxygen atoms in total. The number of fused-ring (bicyclic) bond motifs is 1. The predicted molar refractivity (Wildman–Crippen MR) is 159 cm³/mol. The number of hydrogen-bond donors (Lipinski definition) is 3. The fraction of sp³-hybridized carbons (Fsp3) is 0.233. The number of nitrogens with zero attached hydrogens (tertiary/aromatic N) is 3. The van der Waals surface area contributed by atoms with Crippen LogP contribution in [0, 0.1) is 0 Å². The lowest BCUT2D eigenvalue weighted by molar-refractivity contribution is -0.123. The lowest BCUT2D eigenvalue weighted by Crippen LogP contribution is -2.50. The zero-order chi connectivity index (χ0) is 28.2. The van der Waals surface area contributed by atoms with Crippen LogP contribution in [0.15, 0.2) is 72.8 Å². The molecule has 10 heteroatoms. The van der Waals surface area contributed by atoms with Gasteiger partial charge in [-0.15, -0.1) is 0 Å². The first-order valence-corrected chi connectivity index (χ1v) is 13.4. The summed E-state index contributed by atoms with van der Waals surface area (Å²) >= 11 is 6.16. The minimum atomic E-state index is -0.587. The van der Waals surface area contributed by atoms with Gasteiger partial charge in [-0.3, -0.25) is 19.3 Å². The number of hydrogen-bond acceptors (Lipinski definition) is 6. The van der Waals surface area contributed by atoms with Crippen LogP contribution in [-0.4, -0.2) is 73.8 Å². The highest BCUT2D eigenvalue weighted by atomic mass is 35.5. The molecular formula is C30H31ClN6O3. The summed E-state index contributed by atoms with van der Waals surface area (Å²) in [4.78, 5) is 43.9. The van der Waals surface area contributed by atoms with Gasteiger partial charge in [-0.05, 0) is 49.0 Å². The molecule has 0 aliphatic carbocycles. The molecule has 0 bridgehead atoms. The summed E-state index contributed by atoms with van der Waals surface area (Å²) in [5.41, 5.74) is 10.1. The number of piperazine rings is 1. The Balaban J connectivity index is 1.42. The van der Waals surface area contributed by atoms with Gasteiger partial charge in [0.1, 0.15) is 6.54 Å². The molecule has 0 unspecified atom stereocenters. The number of carbonyl (C=O) groups is 3. The zero-order valence-electron chi connectivity index (χ0n) is 22.2. The minimum absolute atomic E-state index is 0.186. The topological polar surface area (TPSA) is 111 Å². The van der Waals surface area contributed by atoms with Crippen molar-refractivity contribution in [1.29, 1.82) is 0 Å². The van der Waals surface area contributed by atoms with Crippen molar-refractivity contribution in [2.24, 2.45) is 5.73 Å². The maximum Gasteiger partial charge on any atom is 0.258 e. The minimum Gasteiger partial charge on any atom is -0.368 e. The molecule has 2 heterocycles. The molecule has 3 amide bonds. The van der Waals surface area contributed by atoms with Gasteiger partial charge in [-0.2, -0.15) is 0 Å². The van der Waals surface area contributed by atoms with Crippen LogP contribution in [0.5, 0.6) is 0 Å². The summed E-state index contributed by atoms with van der Waals surface area (Å²) in [6.45, 7) is 3.35. The highest BCUT2D eigenvalue weighted by Crippen LogP contribution is 2.38. The van der Waals surface area contributed by atoms with Crippen molar-refractivity contribution >= 4 is 57.7 Å². The molecular weight excluding hydrogens is 528 g/mol. The summed E-state index contributed by atoms with van der Waals surface area (Å²) in [5, 5.41) is 6.84.